The minimum atomic E-state index is -0.238. The van der Waals surface area contributed by atoms with Gasteiger partial charge in [-0.3, -0.25) is 4.79 Å². The molecular weight excluding hydrogens is 260 g/mol. The zero-order valence-electron chi connectivity index (χ0n) is 10.4. The minimum absolute atomic E-state index is 0.238. The Balaban J connectivity index is 1.98. The maximum absolute atomic E-state index is 11.8. The maximum atomic E-state index is 11.8. The molecular formula is C15H13ClN2O. The van der Waals surface area contributed by atoms with Gasteiger partial charge in [-0.1, -0.05) is 41.4 Å². The van der Waals surface area contributed by atoms with E-state index in [9.17, 15) is 4.79 Å². The van der Waals surface area contributed by atoms with E-state index in [0.717, 1.165) is 11.1 Å². The van der Waals surface area contributed by atoms with E-state index in [1.165, 1.54) is 0 Å². The number of hydrazone groups is 1. The van der Waals surface area contributed by atoms with E-state index in [-0.39, 0.29) is 5.91 Å². The third-order valence-electron chi connectivity index (χ3n) is 2.54. The Morgan fingerprint density at radius 3 is 2.63 bits per heavy atom. The van der Waals surface area contributed by atoms with E-state index in [1.807, 2.05) is 31.2 Å². The molecule has 0 bridgehead atoms. The van der Waals surface area contributed by atoms with Crippen LogP contribution in [0.1, 0.15) is 21.5 Å². The number of aryl methyl sites for hydroxylation is 1. The molecule has 0 heterocycles. The Kier molecular flexibility index (Phi) is 4.31. The van der Waals surface area contributed by atoms with Crippen molar-refractivity contribution >= 4 is 23.7 Å². The van der Waals surface area contributed by atoms with Gasteiger partial charge in [0.05, 0.1) is 6.21 Å². The summed E-state index contributed by atoms with van der Waals surface area (Å²) < 4.78 is 0. The van der Waals surface area contributed by atoms with E-state index in [4.69, 9.17) is 11.6 Å². The molecule has 96 valence electrons. The van der Waals surface area contributed by atoms with Gasteiger partial charge in [-0.05, 0) is 36.8 Å². The highest BCUT2D eigenvalue weighted by atomic mass is 35.5. The van der Waals surface area contributed by atoms with Gasteiger partial charge in [-0.2, -0.15) is 5.10 Å². The van der Waals surface area contributed by atoms with Gasteiger partial charge >= 0.3 is 0 Å². The molecule has 1 amide bonds. The van der Waals surface area contributed by atoms with Gasteiger partial charge in [0, 0.05) is 10.6 Å². The van der Waals surface area contributed by atoms with Crippen LogP contribution in [0.4, 0.5) is 0 Å². The van der Waals surface area contributed by atoms with Crippen LogP contribution in [-0.4, -0.2) is 12.1 Å². The summed E-state index contributed by atoms with van der Waals surface area (Å²) in [6, 6.07) is 14.5. The van der Waals surface area contributed by atoms with Crippen LogP contribution < -0.4 is 5.43 Å². The van der Waals surface area contributed by atoms with Crippen molar-refractivity contribution in [2.45, 2.75) is 6.92 Å². The minimum Gasteiger partial charge on any atom is -0.267 e. The molecule has 2 aromatic rings. The second-order valence-corrected chi connectivity index (χ2v) is 4.56. The van der Waals surface area contributed by atoms with Gasteiger partial charge in [0.1, 0.15) is 0 Å². The fraction of sp³-hybridized carbons (Fsp3) is 0.0667. The Morgan fingerprint density at radius 1 is 1.21 bits per heavy atom. The van der Waals surface area contributed by atoms with Crippen molar-refractivity contribution in [1.29, 1.82) is 0 Å². The first-order chi connectivity index (χ1) is 9.15. The molecule has 1 N–H and O–H groups in total. The average molecular weight is 273 g/mol. The Hall–Kier alpha value is -2.13. The highest BCUT2D eigenvalue weighted by Crippen LogP contribution is 2.08. The summed E-state index contributed by atoms with van der Waals surface area (Å²) in [6.45, 7) is 1.97. The number of nitrogens with zero attached hydrogens (tertiary/aromatic N) is 1. The largest absolute Gasteiger partial charge is 0.271 e. The molecule has 0 aliphatic heterocycles. The lowest BCUT2D eigenvalue weighted by molar-refractivity contribution is 0.0955. The highest BCUT2D eigenvalue weighted by molar-refractivity contribution is 6.30. The average Bonchev–Trinajstić information content (AvgIpc) is 2.39. The fourth-order valence-corrected chi connectivity index (χ4v) is 1.72. The zero-order valence-corrected chi connectivity index (χ0v) is 11.2. The van der Waals surface area contributed by atoms with Crippen LogP contribution in [0.5, 0.6) is 0 Å². The molecule has 4 heteroatoms. The van der Waals surface area contributed by atoms with Gasteiger partial charge in [0.2, 0.25) is 0 Å². The number of halogens is 1. The molecule has 0 saturated heterocycles. The number of rotatable bonds is 3. The number of carbonyl (C=O) groups excluding carboxylic acids is 1. The normalized spacial score (nSPS) is 10.6. The Bertz CT molecular complexity index is 606. The van der Waals surface area contributed by atoms with Crippen molar-refractivity contribution in [3.63, 3.8) is 0 Å². The molecule has 0 aromatic heterocycles. The summed E-state index contributed by atoms with van der Waals surface area (Å²) in [5.41, 5.74) is 4.99. The van der Waals surface area contributed by atoms with Crippen molar-refractivity contribution < 1.29 is 4.79 Å². The van der Waals surface area contributed by atoms with Crippen LogP contribution in [0.3, 0.4) is 0 Å². The van der Waals surface area contributed by atoms with Crippen LogP contribution in [-0.2, 0) is 0 Å². The van der Waals surface area contributed by atoms with Crippen molar-refractivity contribution in [3.05, 3.63) is 70.2 Å². The predicted molar refractivity (Wildman–Crippen MR) is 77.7 cm³/mol. The van der Waals surface area contributed by atoms with E-state index in [2.05, 4.69) is 10.5 Å². The molecule has 3 nitrogen and oxygen atoms in total. The number of nitrogens with one attached hydrogen (secondary N) is 1. The standard InChI is InChI=1S/C15H13ClN2O/c1-11-5-7-13(8-6-11)15(19)18-17-10-12-3-2-4-14(16)9-12/h2-10H,1H3,(H,18,19). The molecule has 0 fully saturated rings. The molecule has 0 saturated carbocycles. The van der Waals surface area contributed by atoms with Gasteiger partial charge < -0.3 is 0 Å². The molecule has 0 unspecified atom stereocenters. The highest BCUT2D eigenvalue weighted by Gasteiger charge is 2.02. The Morgan fingerprint density at radius 2 is 1.95 bits per heavy atom. The molecule has 0 atom stereocenters. The third kappa shape index (κ3) is 3.93. The summed E-state index contributed by atoms with van der Waals surface area (Å²) in [5.74, 6) is -0.238. The molecule has 2 aromatic carbocycles. The number of hydrogen-bond donors (Lipinski definition) is 1. The number of hydrogen-bond acceptors (Lipinski definition) is 2. The fourth-order valence-electron chi connectivity index (χ4n) is 1.52. The second kappa shape index (κ2) is 6.16. The van der Waals surface area contributed by atoms with E-state index >= 15 is 0 Å². The van der Waals surface area contributed by atoms with E-state index in [1.54, 1.807) is 30.5 Å². The molecule has 0 radical (unpaired) electrons. The van der Waals surface area contributed by atoms with Crippen LogP contribution >= 0.6 is 11.6 Å². The molecule has 0 spiro atoms. The van der Waals surface area contributed by atoms with Crippen molar-refractivity contribution in [3.8, 4) is 0 Å². The van der Waals surface area contributed by atoms with Gasteiger partial charge in [0.25, 0.3) is 5.91 Å². The smallest absolute Gasteiger partial charge is 0.267 e. The van der Waals surface area contributed by atoms with Gasteiger partial charge in [-0.25, -0.2) is 5.43 Å². The lowest BCUT2D eigenvalue weighted by Crippen LogP contribution is -2.17. The number of benzene rings is 2. The molecule has 19 heavy (non-hydrogen) atoms. The van der Waals surface area contributed by atoms with Crippen LogP contribution in [0, 0.1) is 6.92 Å². The zero-order chi connectivity index (χ0) is 13.7. The first-order valence-corrected chi connectivity index (χ1v) is 6.18. The molecule has 0 aliphatic carbocycles. The van der Waals surface area contributed by atoms with Gasteiger partial charge in [-0.15, -0.1) is 0 Å². The van der Waals surface area contributed by atoms with Crippen molar-refractivity contribution in [2.24, 2.45) is 5.10 Å². The summed E-state index contributed by atoms with van der Waals surface area (Å²) in [4.78, 5) is 11.8. The van der Waals surface area contributed by atoms with Crippen molar-refractivity contribution in [1.82, 2.24) is 5.43 Å². The lowest BCUT2D eigenvalue weighted by Gasteiger charge is -2.00. The number of amides is 1. The molecule has 0 aliphatic rings. The monoisotopic (exact) mass is 272 g/mol. The first kappa shape index (κ1) is 13.3. The summed E-state index contributed by atoms with van der Waals surface area (Å²) in [5, 5.41) is 4.53. The van der Waals surface area contributed by atoms with Crippen molar-refractivity contribution in [2.75, 3.05) is 0 Å². The summed E-state index contributed by atoms with van der Waals surface area (Å²) in [7, 11) is 0. The van der Waals surface area contributed by atoms with Crippen LogP contribution in [0.15, 0.2) is 53.6 Å². The van der Waals surface area contributed by atoms with Gasteiger partial charge in [0.15, 0.2) is 0 Å². The Labute approximate surface area is 116 Å². The predicted octanol–water partition coefficient (Wildman–Crippen LogP) is 3.41. The summed E-state index contributed by atoms with van der Waals surface area (Å²) in [6.07, 6.45) is 1.55. The van der Waals surface area contributed by atoms with E-state index < -0.39 is 0 Å². The lowest BCUT2D eigenvalue weighted by atomic mass is 10.1. The molecule has 2 rings (SSSR count). The second-order valence-electron chi connectivity index (χ2n) is 4.12. The van der Waals surface area contributed by atoms with Crippen LogP contribution in [0.25, 0.3) is 0 Å². The maximum Gasteiger partial charge on any atom is 0.271 e. The van der Waals surface area contributed by atoms with Crippen LogP contribution in [0.2, 0.25) is 5.02 Å². The summed E-state index contributed by atoms with van der Waals surface area (Å²) >= 11 is 5.85. The third-order valence-corrected chi connectivity index (χ3v) is 2.78. The number of carbonyl (C=O) groups is 1. The first-order valence-electron chi connectivity index (χ1n) is 5.81. The quantitative estimate of drug-likeness (QED) is 0.675. The SMILES string of the molecule is Cc1ccc(C(=O)NN=Cc2cccc(Cl)c2)cc1. The topological polar surface area (TPSA) is 41.5 Å². The van der Waals surface area contributed by atoms with E-state index in [0.29, 0.717) is 10.6 Å².